The van der Waals surface area contributed by atoms with Crippen molar-refractivity contribution in [1.82, 2.24) is 14.8 Å². The first-order chi connectivity index (χ1) is 13.3. The number of nitrogens with zero attached hydrogens (tertiary/aromatic N) is 3. The van der Waals surface area contributed by atoms with Gasteiger partial charge in [0.05, 0.1) is 5.69 Å². The van der Waals surface area contributed by atoms with Gasteiger partial charge in [-0.1, -0.05) is 0 Å². The average molecular weight is 390 g/mol. The lowest BCUT2D eigenvalue weighted by Crippen LogP contribution is -2.29. The van der Waals surface area contributed by atoms with E-state index in [0.29, 0.717) is 11.3 Å². The fourth-order valence-corrected chi connectivity index (χ4v) is 2.31. The number of carbonyl (C=O) groups is 1. The van der Waals surface area contributed by atoms with Gasteiger partial charge in [-0.05, 0) is 42.5 Å². The molecular formula is C18H13F3N4O3. The summed E-state index contributed by atoms with van der Waals surface area (Å²) in [6.07, 6.45) is -1.63. The van der Waals surface area contributed by atoms with Gasteiger partial charge in [-0.25, -0.2) is 4.68 Å². The van der Waals surface area contributed by atoms with E-state index in [1.54, 1.807) is 24.5 Å². The standard InChI is InChI=1S/C18H13F3N4O3/c19-18(20,21)28-14-5-3-13(4-6-14)23-16(26)11-25-17(27)8-7-15(24-25)12-2-1-9-22-10-12/h1-10H,11H2,(H,23,26). The monoisotopic (exact) mass is 390 g/mol. The maximum absolute atomic E-state index is 12.2. The van der Waals surface area contributed by atoms with Gasteiger partial charge >= 0.3 is 6.36 Å². The van der Waals surface area contributed by atoms with E-state index in [9.17, 15) is 22.8 Å². The third-order valence-corrected chi connectivity index (χ3v) is 3.49. The van der Waals surface area contributed by atoms with Crippen molar-refractivity contribution in [3.05, 3.63) is 71.3 Å². The largest absolute Gasteiger partial charge is 0.573 e. The minimum absolute atomic E-state index is 0.246. The van der Waals surface area contributed by atoms with Crippen LogP contribution in [0.25, 0.3) is 11.3 Å². The van der Waals surface area contributed by atoms with Gasteiger partial charge in [0, 0.05) is 29.7 Å². The van der Waals surface area contributed by atoms with E-state index >= 15 is 0 Å². The minimum atomic E-state index is -4.79. The molecule has 0 bridgehead atoms. The van der Waals surface area contributed by atoms with Gasteiger partial charge in [0.25, 0.3) is 5.56 Å². The topological polar surface area (TPSA) is 86.1 Å². The molecule has 2 heterocycles. The highest BCUT2D eigenvalue weighted by Crippen LogP contribution is 2.23. The van der Waals surface area contributed by atoms with Crippen LogP contribution in [0.15, 0.2) is 65.7 Å². The molecule has 2 aromatic heterocycles. The lowest BCUT2D eigenvalue weighted by Gasteiger charge is -2.10. The zero-order valence-electron chi connectivity index (χ0n) is 14.2. The Labute approximate surface area is 156 Å². The van der Waals surface area contributed by atoms with Gasteiger partial charge in [-0.2, -0.15) is 5.10 Å². The molecule has 144 valence electrons. The smallest absolute Gasteiger partial charge is 0.406 e. The molecule has 3 aromatic rings. The molecule has 0 saturated heterocycles. The number of benzene rings is 1. The fraction of sp³-hybridized carbons (Fsp3) is 0.111. The molecule has 0 atom stereocenters. The molecule has 0 radical (unpaired) electrons. The lowest BCUT2D eigenvalue weighted by molar-refractivity contribution is -0.274. The molecule has 3 rings (SSSR count). The number of halogens is 3. The van der Waals surface area contributed by atoms with E-state index in [2.05, 4.69) is 20.1 Å². The second kappa shape index (κ2) is 7.91. The number of ether oxygens (including phenoxy) is 1. The van der Waals surface area contributed by atoms with Gasteiger partial charge in [0.15, 0.2) is 0 Å². The van der Waals surface area contributed by atoms with Crippen LogP contribution in [0.3, 0.4) is 0 Å². The van der Waals surface area contributed by atoms with Crippen molar-refractivity contribution >= 4 is 11.6 Å². The molecule has 1 aromatic carbocycles. The highest BCUT2D eigenvalue weighted by molar-refractivity contribution is 5.90. The predicted molar refractivity (Wildman–Crippen MR) is 93.5 cm³/mol. The van der Waals surface area contributed by atoms with Crippen LogP contribution in [-0.4, -0.2) is 27.0 Å². The molecule has 0 fully saturated rings. The first-order valence-electron chi connectivity index (χ1n) is 7.94. The first-order valence-corrected chi connectivity index (χ1v) is 7.94. The summed E-state index contributed by atoms with van der Waals surface area (Å²) in [7, 11) is 0. The third kappa shape index (κ3) is 5.16. The van der Waals surface area contributed by atoms with Gasteiger partial charge in [0.2, 0.25) is 5.91 Å². The van der Waals surface area contributed by atoms with Crippen molar-refractivity contribution in [1.29, 1.82) is 0 Å². The zero-order chi connectivity index (χ0) is 20.1. The van der Waals surface area contributed by atoms with Crippen molar-refractivity contribution in [2.75, 3.05) is 5.32 Å². The van der Waals surface area contributed by atoms with Crippen LogP contribution in [0.4, 0.5) is 18.9 Å². The van der Waals surface area contributed by atoms with E-state index in [4.69, 9.17) is 0 Å². The molecule has 0 unspecified atom stereocenters. The Morgan fingerprint density at radius 2 is 1.86 bits per heavy atom. The maximum Gasteiger partial charge on any atom is 0.573 e. The number of hydrogen-bond acceptors (Lipinski definition) is 5. The van der Waals surface area contributed by atoms with Gasteiger partial charge < -0.3 is 10.1 Å². The quantitative estimate of drug-likeness (QED) is 0.724. The van der Waals surface area contributed by atoms with Crippen molar-refractivity contribution < 1.29 is 22.7 Å². The van der Waals surface area contributed by atoms with E-state index < -0.39 is 23.6 Å². The zero-order valence-corrected chi connectivity index (χ0v) is 14.2. The summed E-state index contributed by atoms with van der Waals surface area (Å²) in [4.78, 5) is 28.1. The maximum atomic E-state index is 12.2. The molecule has 10 heteroatoms. The molecule has 0 aliphatic carbocycles. The Balaban J connectivity index is 1.69. The van der Waals surface area contributed by atoms with Crippen molar-refractivity contribution in [2.24, 2.45) is 0 Å². The van der Waals surface area contributed by atoms with Crippen LogP contribution in [0.5, 0.6) is 5.75 Å². The van der Waals surface area contributed by atoms with Crippen molar-refractivity contribution in [3.63, 3.8) is 0 Å². The number of rotatable bonds is 5. The van der Waals surface area contributed by atoms with Crippen molar-refractivity contribution in [3.8, 4) is 17.0 Å². The Kier molecular flexibility index (Phi) is 5.39. The SMILES string of the molecule is O=C(Cn1nc(-c2cccnc2)ccc1=O)Nc1ccc(OC(F)(F)F)cc1. The van der Waals surface area contributed by atoms with Crippen LogP contribution in [-0.2, 0) is 11.3 Å². The number of pyridine rings is 1. The molecule has 0 aliphatic heterocycles. The number of alkyl halides is 3. The second-order valence-electron chi connectivity index (χ2n) is 5.58. The predicted octanol–water partition coefficient (Wildman–Crippen LogP) is 2.84. The molecule has 0 saturated carbocycles. The van der Waals surface area contributed by atoms with Crippen LogP contribution in [0.2, 0.25) is 0 Å². The van der Waals surface area contributed by atoms with Gasteiger partial charge in [-0.15, -0.1) is 13.2 Å². The Morgan fingerprint density at radius 1 is 1.11 bits per heavy atom. The minimum Gasteiger partial charge on any atom is -0.406 e. The van der Waals surface area contributed by atoms with E-state index in [-0.39, 0.29) is 12.2 Å². The number of aromatic nitrogens is 3. The molecule has 0 spiro atoms. The van der Waals surface area contributed by atoms with Crippen LogP contribution in [0, 0.1) is 0 Å². The van der Waals surface area contributed by atoms with Crippen LogP contribution >= 0.6 is 0 Å². The summed E-state index contributed by atoms with van der Waals surface area (Å²) in [6, 6.07) is 10.9. The number of hydrogen-bond donors (Lipinski definition) is 1. The average Bonchev–Trinajstić information content (AvgIpc) is 2.65. The Hall–Kier alpha value is -3.69. The fourth-order valence-electron chi connectivity index (χ4n) is 2.31. The van der Waals surface area contributed by atoms with E-state index in [0.717, 1.165) is 16.8 Å². The Morgan fingerprint density at radius 3 is 2.50 bits per heavy atom. The summed E-state index contributed by atoms with van der Waals surface area (Å²) in [5, 5.41) is 6.62. The van der Waals surface area contributed by atoms with Gasteiger partial charge in [0.1, 0.15) is 12.3 Å². The summed E-state index contributed by atoms with van der Waals surface area (Å²) in [6.45, 7) is -0.367. The molecule has 1 N–H and O–H groups in total. The van der Waals surface area contributed by atoms with E-state index in [1.165, 1.54) is 24.3 Å². The molecule has 7 nitrogen and oxygen atoms in total. The van der Waals surface area contributed by atoms with Crippen LogP contribution < -0.4 is 15.6 Å². The highest BCUT2D eigenvalue weighted by Gasteiger charge is 2.30. The normalized spacial score (nSPS) is 11.1. The number of nitrogens with one attached hydrogen (secondary N) is 1. The molecule has 28 heavy (non-hydrogen) atoms. The summed E-state index contributed by atoms with van der Waals surface area (Å²) in [5.41, 5.74) is 0.916. The second-order valence-corrected chi connectivity index (χ2v) is 5.58. The highest BCUT2D eigenvalue weighted by atomic mass is 19.4. The number of amides is 1. The van der Waals surface area contributed by atoms with E-state index in [1.807, 2.05) is 0 Å². The summed E-state index contributed by atoms with van der Waals surface area (Å²) < 4.78 is 41.2. The van der Waals surface area contributed by atoms with Crippen LogP contribution in [0.1, 0.15) is 0 Å². The number of anilines is 1. The van der Waals surface area contributed by atoms with Gasteiger partial charge in [-0.3, -0.25) is 14.6 Å². The number of carbonyl (C=O) groups excluding carboxylic acids is 1. The van der Waals surface area contributed by atoms with Crippen molar-refractivity contribution in [2.45, 2.75) is 12.9 Å². The summed E-state index contributed by atoms with van der Waals surface area (Å²) in [5.74, 6) is -0.977. The first kappa shape index (κ1) is 19.1. The lowest BCUT2D eigenvalue weighted by atomic mass is 10.2. The molecule has 0 aliphatic rings. The third-order valence-electron chi connectivity index (χ3n) is 3.49. The summed E-state index contributed by atoms with van der Waals surface area (Å²) >= 11 is 0. The molecule has 1 amide bonds. The Bertz CT molecular complexity index is 1020. The molecular weight excluding hydrogens is 377 g/mol.